The molecule has 1 N–H and O–H groups in total. The quantitative estimate of drug-likeness (QED) is 0.615. The number of imidazole rings is 1. The summed E-state index contributed by atoms with van der Waals surface area (Å²) >= 11 is 0. The minimum absolute atomic E-state index is 0.500. The summed E-state index contributed by atoms with van der Waals surface area (Å²) in [7, 11) is 0.500. The van der Waals surface area contributed by atoms with Crippen molar-refractivity contribution < 1.29 is 4.39 Å². The van der Waals surface area contributed by atoms with Crippen LogP contribution < -0.4 is 0 Å². The summed E-state index contributed by atoms with van der Waals surface area (Å²) in [6, 6.07) is 7.94. The van der Waals surface area contributed by atoms with E-state index < -0.39 is 0 Å². The van der Waals surface area contributed by atoms with Crippen molar-refractivity contribution in [2.75, 3.05) is 7.18 Å². The Morgan fingerprint density at radius 2 is 2.00 bits per heavy atom. The molecule has 3 heteroatoms. The maximum absolute atomic E-state index is 9.50. The molecule has 2 rings (SSSR count). The lowest BCUT2D eigenvalue weighted by atomic mass is 10.3. The Hall–Kier alpha value is -1.38. The van der Waals surface area contributed by atoms with Crippen LogP contribution in [0, 0.1) is 0 Å². The van der Waals surface area contributed by atoms with Crippen LogP contribution in [0.5, 0.6) is 0 Å². The summed E-state index contributed by atoms with van der Waals surface area (Å²) in [4.78, 5) is 7.07. The van der Waals surface area contributed by atoms with Gasteiger partial charge in [0.25, 0.3) is 0 Å². The molecule has 11 heavy (non-hydrogen) atoms. The minimum atomic E-state index is 0.500. The van der Waals surface area contributed by atoms with Crippen LogP contribution in [-0.4, -0.2) is 17.1 Å². The van der Waals surface area contributed by atoms with E-state index in [-0.39, 0.29) is 0 Å². The highest BCUT2D eigenvalue weighted by molar-refractivity contribution is 5.73. The molecule has 58 valence electrons. The fourth-order valence-electron chi connectivity index (χ4n) is 0.880. The van der Waals surface area contributed by atoms with Gasteiger partial charge in [-0.3, -0.25) is 4.39 Å². The van der Waals surface area contributed by atoms with Gasteiger partial charge in [-0.15, -0.1) is 0 Å². The first-order valence-corrected chi connectivity index (χ1v) is 3.23. The van der Waals surface area contributed by atoms with Gasteiger partial charge < -0.3 is 4.98 Å². The number of halogens is 1. The lowest BCUT2D eigenvalue weighted by Crippen LogP contribution is -1.63. The average Bonchev–Trinajstić information content (AvgIpc) is 2.55. The van der Waals surface area contributed by atoms with Gasteiger partial charge in [-0.2, -0.15) is 0 Å². The Labute approximate surface area is 64.1 Å². The summed E-state index contributed by atoms with van der Waals surface area (Å²) in [5.74, 6) is 0. The van der Waals surface area contributed by atoms with Crippen LogP contribution in [0.2, 0.25) is 0 Å². The van der Waals surface area contributed by atoms with Gasteiger partial charge in [0.1, 0.15) is 0 Å². The molecule has 0 bridgehead atoms. The van der Waals surface area contributed by atoms with E-state index in [4.69, 9.17) is 0 Å². The number of H-pyrrole nitrogens is 1. The summed E-state index contributed by atoms with van der Waals surface area (Å²) < 4.78 is 9.50. The van der Waals surface area contributed by atoms with Crippen molar-refractivity contribution in [2.45, 2.75) is 0 Å². The predicted molar refractivity (Wildman–Crippen MR) is 43.1 cm³/mol. The van der Waals surface area contributed by atoms with Gasteiger partial charge >= 0.3 is 0 Å². The number of hydrogen-bond donors (Lipinski definition) is 1. The van der Waals surface area contributed by atoms with Crippen LogP contribution in [-0.2, 0) is 0 Å². The van der Waals surface area contributed by atoms with E-state index in [0.717, 1.165) is 11.0 Å². The van der Waals surface area contributed by atoms with Crippen molar-refractivity contribution >= 4 is 11.0 Å². The Morgan fingerprint density at radius 3 is 2.73 bits per heavy atom. The van der Waals surface area contributed by atoms with Crippen molar-refractivity contribution in [3.05, 3.63) is 30.6 Å². The monoisotopic (exact) mass is 152 g/mol. The van der Waals surface area contributed by atoms with Crippen LogP contribution in [0.4, 0.5) is 4.39 Å². The first-order valence-electron chi connectivity index (χ1n) is 3.23. The number of hydrogen-bond acceptors (Lipinski definition) is 1. The molecule has 0 saturated heterocycles. The third-order valence-corrected chi connectivity index (χ3v) is 1.33. The second kappa shape index (κ2) is 3.71. The Kier molecular flexibility index (Phi) is 2.60. The highest BCUT2D eigenvalue weighted by Crippen LogP contribution is 2.05. The topological polar surface area (TPSA) is 28.7 Å². The number of rotatable bonds is 0. The molecule has 0 unspecified atom stereocenters. The van der Waals surface area contributed by atoms with Gasteiger partial charge in [0.15, 0.2) is 0 Å². The molecule has 2 aromatic rings. The van der Waals surface area contributed by atoms with Gasteiger partial charge in [-0.1, -0.05) is 12.1 Å². The molecule has 2 nitrogen and oxygen atoms in total. The number of aromatic amines is 1. The van der Waals surface area contributed by atoms with Crippen LogP contribution in [0.3, 0.4) is 0 Å². The molecule has 0 radical (unpaired) electrons. The van der Waals surface area contributed by atoms with Gasteiger partial charge in [0, 0.05) is 0 Å². The Morgan fingerprint density at radius 1 is 1.27 bits per heavy atom. The zero-order chi connectivity index (χ0) is 8.10. The maximum Gasteiger partial charge on any atom is 0.0931 e. The number of nitrogens with one attached hydrogen (secondary N) is 1. The van der Waals surface area contributed by atoms with Crippen molar-refractivity contribution in [1.29, 1.82) is 0 Å². The third kappa shape index (κ3) is 1.55. The molecule has 0 spiro atoms. The van der Waals surface area contributed by atoms with Crippen molar-refractivity contribution in [3.8, 4) is 0 Å². The van der Waals surface area contributed by atoms with Crippen LogP contribution in [0.15, 0.2) is 30.6 Å². The normalized spacial score (nSPS) is 8.91. The fraction of sp³-hybridized carbons (Fsp3) is 0.125. The van der Waals surface area contributed by atoms with E-state index in [1.54, 1.807) is 6.33 Å². The fourth-order valence-corrected chi connectivity index (χ4v) is 0.880. The van der Waals surface area contributed by atoms with Crippen molar-refractivity contribution in [1.82, 2.24) is 9.97 Å². The average molecular weight is 152 g/mol. The molecule has 1 aromatic carbocycles. The van der Waals surface area contributed by atoms with Gasteiger partial charge in [-0.25, -0.2) is 4.98 Å². The molecular formula is C8H9FN2. The second-order valence-electron chi connectivity index (χ2n) is 1.92. The molecule has 0 aliphatic heterocycles. The molecular weight excluding hydrogens is 143 g/mol. The summed E-state index contributed by atoms with van der Waals surface area (Å²) in [6.07, 6.45) is 1.70. The van der Waals surface area contributed by atoms with Gasteiger partial charge in [0.05, 0.1) is 24.5 Å². The molecule has 1 aromatic heterocycles. The molecule has 1 heterocycles. The number of nitrogens with zero attached hydrogens (tertiary/aromatic N) is 1. The van der Waals surface area contributed by atoms with Gasteiger partial charge in [-0.05, 0) is 12.1 Å². The summed E-state index contributed by atoms with van der Waals surface area (Å²) in [5, 5.41) is 0. The van der Waals surface area contributed by atoms with Crippen LogP contribution >= 0.6 is 0 Å². The molecule has 0 atom stereocenters. The smallest absolute Gasteiger partial charge is 0.0931 e. The Balaban J connectivity index is 0.000000281. The first kappa shape index (κ1) is 7.72. The Bertz CT molecular complexity index is 286. The highest BCUT2D eigenvalue weighted by Gasteiger charge is 1.88. The second-order valence-corrected chi connectivity index (χ2v) is 1.92. The van der Waals surface area contributed by atoms with E-state index in [9.17, 15) is 4.39 Å². The van der Waals surface area contributed by atoms with E-state index in [1.807, 2.05) is 24.3 Å². The van der Waals surface area contributed by atoms with Crippen molar-refractivity contribution in [3.63, 3.8) is 0 Å². The number of para-hydroxylation sites is 2. The molecule has 0 saturated carbocycles. The number of fused-ring (bicyclic) bond motifs is 1. The molecule has 0 fully saturated rings. The zero-order valence-corrected chi connectivity index (χ0v) is 6.21. The van der Waals surface area contributed by atoms with E-state index >= 15 is 0 Å². The molecule has 0 aliphatic rings. The zero-order valence-electron chi connectivity index (χ0n) is 6.21. The minimum Gasteiger partial charge on any atom is -0.345 e. The highest BCUT2D eigenvalue weighted by atomic mass is 19.1. The summed E-state index contributed by atoms with van der Waals surface area (Å²) in [6.45, 7) is 0. The van der Waals surface area contributed by atoms with Gasteiger partial charge in [0.2, 0.25) is 0 Å². The maximum atomic E-state index is 9.50. The standard InChI is InChI=1S/C7H6N2.CH3F/c1-2-4-7-6(3-1)8-5-9-7;1-2/h1-5H,(H,8,9);1H3. The van der Waals surface area contributed by atoms with Crippen molar-refractivity contribution in [2.24, 2.45) is 0 Å². The largest absolute Gasteiger partial charge is 0.345 e. The van der Waals surface area contributed by atoms with E-state index in [0.29, 0.717) is 7.18 Å². The molecule has 0 amide bonds. The predicted octanol–water partition coefficient (Wildman–Crippen LogP) is 2.15. The van der Waals surface area contributed by atoms with E-state index in [1.165, 1.54) is 0 Å². The van der Waals surface area contributed by atoms with E-state index in [2.05, 4.69) is 9.97 Å². The first-order chi connectivity index (χ1) is 5.47. The molecule has 0 aliphatic carbocycles. The number of aromatic nitrogens is 2. The third-order valence-electron chi connectivity index (χ3n) is 1.33. The number of alkyl halides is 1. The lowest BCUT2D eigenvalue weighted by Gasteiger charge is -1.81. The lowest BCUT2D eigenvalue weighted by molar-refractivity contribution is 0.636. The van der Waals surface area contributed by atoms with Crippen LogP contribution in [0.25, 0.3) is 11.0 Å². The SMILES string of the molecule is CF.c1ccc2[nH]cnc2c1. The van der Waals surface area contributed by atoms with Crippen LogP contribution in [0.1, 0.15) is 0 Å². The number of benzene rings is 1. The summed E-state index contributed by atoms with van der Waals surface area (Å²) in [5.41, 5.74) is 2.12.